The van der Waals surface area contributed by atoms with E-state index in [1.165, 1.54) is 0 Å². The third-order valence-electron chi connectivity index (χ3n) is 2.82. The number of halogens is 2. The number of nitrogens with zero attached hydrogens (tertiary/aromatic N) is 3. The van der Waals surface area contributed by atoms with Gasteiger partial charge in [0.2, 0.25) is 4.73 Å². The van der Waals surface area contributed by atoms with Crippen LogP contribution in [0, 0.1) is 0 Å². The molecule has 5 heteroatoms. The Balaban J connectivity index is 2.06. The van der Waals surface area contributed by atoms with Crippen LogP contribution in [0.3, 0.4) is 0 Å². The highest BCUT2D eigenvalue weighted by atomic mass is 79.9. The summed E-state index contributed by atoms with van der Waals surface area (Å²) in [4.78, 5) is 4.04. The van der Waals surface area contributed by atoms with E-state index in [0.29, 0.717) is 17.0 Å². The van der Waals surface area contributed by atoms with Crippen LogP contribution in [0.1, 0.15) is 30.0 Å². The van der Waals surface area contributed by atoms with Crippen molar-refractivity contribution in [1.82, 2.24) is 14.8 Å². The first kappa shape index (κ1) is 9.96. The molecule has 1 aromatic heterocycles. The summed E-state index contributed by atoms with van der Waals surface area (Å²) in [6.45, 7) is 0. The first-order valence-electron chi connectivity index (χ1n) is 5.06. The molecule has 1 aliphatic heterocycles. The smallest absolute Gasteiger partial charge is 0.217 e. The molecule has 1 aromatic carbocycles. The fourth-order valence-electron chi connectivity index (χ4n) is 2.10. The van der Waals surface area contributed by atoms with Gasteiger partial charge in [-0.3, -0.25) is 0 Å². The number of benzene rings is 1. The van der Waals surface area contributed by atoms with E-state index in [-0.39, 0.29) is 6.04 Å². The molecule has 1 aliphatic rings. The minimum atomic E-state index is -1.02. The second-order valence-electron chi connectivity index (χ2n) is 3.81. The third-order valence-corrected chi connectivity index (χ3v) is 3.16. The Morgan fingerprint density at radius 1 is 1.31 bits per heavy atom. The summed E-state index contributed by atoms with van der Waals surface area (Å²) in [5, 5.41) is 4.18. The molecule has 16 heavy (non-hydrogen) atoms. The van der Waals surface area contributed by atoms with Crippen molar-refractivity contribution in [3.63, 3.8) is 0 Å². The zero-order chi connectivity index (χ0) is 11.1. The average Bonchev–Trinajstić information content (AvgIpc) is 2.80. The molecular formula is C11H9BrFN3. The van der Waals surface area contributed by atoms with Gasteiger partial charge in [-0.05, 0) is 21.5 Å². The van der Waals surface area contributed by atoms with Crippen molar-refractivity contribution in [3.05, 3.63) is 46.5 Å². The Morgan fingerprint density at radius 2 is 2.06 bits per heavy atom. The van der Waals surface area contributed by atoms with Crippen molar-refractivity contribution in [3.8, 4) is 0 Å². The maximum Gasteiger partial charge on any atom is 0.217 e. The summed E-state index contributed by atoms with van der Waals surface area (Å²) in [6, 6.07) is 9.79. The van der Waals surface area contributed by atoms with Crippen molar-refractivity contribution >= 4 is 15.9 Å². The van der Waals surface area contributed by atoms with Crippen LogP contribution in [0.15, 0.2) is 35.1 Å². The molecule has 0 unspecified atom stereocenters. The van der Waals surface area contributed by atoms with E-state index in [1.807, 2.05) is 30.3 Å². The zero-order valence-corrected chi connectivity index (χ0v) is 9.93. The fraction of sp³-hybridized carbons (Fsp3) is 0.273. The maximum absolute atomic E-state index is 13.7. The molecule has 0 N–H and O–H groups in total. The quantitative estimate of drug-likeness (QED) is 0.804. The molecule has 0 bridgehead atoms. The topological polar surface area (TPSA) is 30.7 Å². The number of alkyl halides is 1. The predicted octanol–water partition coefficient (Wildman–Crippen LogP) is 3.04. The maximum atomic E-state index is 13.7. The van der Waals surface area contributed by atoms with Gasteiger partial charge in [-0.25, -0.2) is 14.1 Å². The average molecular weight is 282 g/mol. The molecule has 2 atom stereocenters. The van der Waals surface area contributed by atoms with Gasteiger partial charge in [0.25, 0.3) is 0 Å². The second-order valence-corrected chi connectivity index (χ2v) is 4.52. The SMILES string of the molecule is F[C@H]1C[C@@H](c2ccccc2)n2nc(Br)nc21. The Kier molecular flexibility index (Phi) is 2.28. The summed E-state index contributed by atoms with van der Waals surface area (Å²) in [6.07, 6.45) is -0.601. The number of fused-ring (bicyclic) bond motifs is 1. The van der Waals surface area contributed by atoms with E-state index in [2.05, 4.69) is 26.0 Å². The summed E-state index contributed by atoms with van der Waals surface area (Å²) < 4.78 is 15.8. The van der Waals surface area contributed by atoms with Crippen LogP contribution < -0.4 is 0 Å². The second kappa shape index (κ2) is 3.66. The Hall–Kier alpha value is -1.23. The molecule has 0 spiro atoms. The number of aromatic nitrogens is 3. The van der Waals surface area contributed by atoms with Crippen LogP contribution in [0.5, 0.6) is 0 Å². The molecule has 0 saturated heterocycles. The van der Waals surface area contributed by atoms with Gasteiger partial charge < -0.3 is 0 Å². The van der Waals surface area contributed by atoms with Gasteiger partial charge in [-0.2, -0.15) is 0 Å². The molecule has 2 aromatic rings. The van der Waals surface area contributed by atoms with Crippen LogP contribution in [-0.2, 0) is 0 Å². The first-order valence-corrected chi connectivity index (χ1v) is 5.86. The highest BCUT2D eigenvalue weighted by Gasteiger charge is 2.34. The largest absolute Gasteiger partial charge is 0.239 e. The standard InChI is InChI=1S/C11H9BrFN3/c12-11-14-10-8(13)6-9(16(10)15-11)7-4-2-1-3-5-7/h1-5,8-9H,6H2/t8-,9-/m0/s1. The van der Waals surface area contributed by atoms with Crippen molar-refractivity contribution in [2.75, 3.05) is 0 Å². The lowest BCUT2D eigenvalue weighted by molar-refractivity contribution is 0.328. The highest BCUT2D eigenvalue weighted by molar-refractivity contribution is 9.10. The predicted molar refractivity (Wildman–Crippen MR) is 60.8 cm³/mol. The van der Waals surface area contributed by atoms with Gasteiger partial charge in [0, 0.05) is 6.42 Å². The minimum absolute atomic E-state index is 0.0370. The highest BCUT2D eigenvalue weighted by Crippen LogP contribution is 2.39. The van der Waals surface area contributed by atoms with Crippen LogP contribution >= 0.6 is 15.9 Å². The zero-order valence-electron chi connectivity index (χ0n) is 8.35. The van der Waals surface area contributed by atoms with Crippen LogP contribution in [0.4, 0.5) is 4.39 Å². The molecular weight excluding hydrogens is 273 g/mol. The lowest BCUT2D eigenvalue weighted by Gasteiger charge is -2.10. The van der Waals surface area contributed by atoms with E-state index in [1.54, 1.807) is 4.68 Å². The lowest BCUT2D eigenvalue weighted by Crippen LogP contribution is -2.07. The van der Waals surface area contributed by atoms with Gasteiger partial charge in [-0.1, -0.05) is 30.3 Å². The van der Waals surface area contributed by atoms with E-state index < -0.39 is 6.17 Å². The lowest BCUT2D eigenvalue weighted by atomic mass is 10.0. The van der Waals surface area contributed by atoms with Crippen LogP contribution in [-0.4, -0.2) is 14.8 Å². The van der Waals surface area contributed by atoms with E-state index in [4.69, 9.17) is 0 Å². The van der Waals surface area contributed by atoms with Crippen molar-refractivity contribution in [1.29, 1.82) is 0 Å². The number of hydrogen-bond acceptors (Lipinski definition) is 2. The Labute approximate surface area is 100 Å². The molecule has 0 amide bonds. The Morgan fingerprint density at radius 3 is 2.81 bits per heavy atom. The summed E-state index contributed by atoms with van der Waals surface area (Å²) >= 11 is 3.18. The van der Waals surface area contributed by atoms with Crippen molar-refractivity contribution in [2.45, 2.75) is 18.6 Å². The van der Waals surface area contributed by atoms with Crippen LogP contribution in [0.25, 0.3) is 0 Å². The summed E-state index contributed by atoms with van der Waals surface area (Å²) in [5.74, 6) is 0.417. The van der Waals surface area contributed by atoms with Gasteiger partial charge in [0.1, 0.15) is 0 Å². The van der Waals surface area contributed by atoms with Crippen molar-refractivity contribution < 1.29 is 4.39 Å². The van der Waals surface area contributed by atoms with Crippen molar-refractivity contribution in [2.24, 2.45) is 0 Å². The van der Waals surface area contributed by atoms with E-state index in [0.717, 1.165) is 5.56 Å². The van der Waals surface area contributed by atoms with Gasteiger partial charge in [0.05, 0.1) is 6.04 Å². The molecule has 2 heterocycles. The number of rotatable bonds is 1. The van der Waals surface area contributed by atoms with E-state index in [9.17, 15) is 4.39 Å². The van der Waals surface area contributed by atoms with Gasteiger partial charge in [0.15, 0.2) is 12.0 Å². The fourth-order valence-corrected chi connectivity index (χ4v) is 2.46. The third kappa shape index (κ3) is 1.46. The minimum Gasteiger partial charge on any atom is -0.239 e. The molecule has 3 nitrogen and oxygen atoms in total. The van der Waals surface area contributed by atoms with Gasteiger partial charge >= 0.3 is 0 Å². The molecule has 0 aliphatic carbocycles. The molecule has 3 rings (SSSR count). The van der Waals surface area contributed by atoms with Gasteiger partial charge in [-0.15, -0.1) is 5.10 Å². The molecule has 0 saturated carbocycles. The normalized spacial score (nSPS) is 23.4. The first-order chi connectivity index (χ1) is 7.75. The number of hydrogen-bond donors (Lipinski definition) is 0. The van der Waals surface area contributed by atoms with Crippen LogP contribution in [0.2, 0.25) is 0 Å². The Bertz CT molecular complexity index is 511. The summed E-state index contributed by atoms with van der Waals surface area (Å²) in [7, 11) is 0. The monoisotopic (exact) mass is 281 g/mol. The van der Waals surface area contributed by atoms with E-state index >= 15 is 0 Å². The molecule has 82 valence electrons. The molecule has 0 fully saturated rings. The summed E-state index contributed by atoms with van der Waals surface area (Å²) in [5.41, 5.74) is 1.07. The molecule has 0 radical (unpaired) electrons.